The van der Waals surface area contributed by atoms with Crippen LogP contribution in [0.15, 0.2) is 24.3 Å². The molecule has 2 N–H and O–H groups in total. The lowest BCUT2D eigenvalue weighted by Crippen LogP contribution is -2.29. The van der Waals surface area contributed by atoms with Crippen LogP contribution in [0.5, 0.6) is 0 Å². The van der Waals surface area contributed by atoms with Gasteiger partial charge in [0.1, 0.15) is 0 Å². The van der Waals surface area contributed by atoms with Gasteiger partial charge in [0.2, 0.25) is 0 Å². The third-order valence-corrected chi connectivity index (χ3v) is 2.70. The van der Waals surface area contributed by atoms with E-state index in [0.717, 1.165) is 13.1 Å². The van der Waals surface area contributed by atoms with E-state index in [9.17, 15) is 0 Å². The van der Waals surface area contributed by atoms with E-state index >= 15 is 0 Å². The SMILES string of the molecule is NCC#CCN1CCCc2ccccc21. The van der Waals surface area contributed by atoms with Gasteiger partial charge in [-0.05, 0) is 24.5 Å². The smallest absolute Gasteiger partial charge is 0.0794 e. The van der Waals surface area contributed by atoms with Crippen LogP contribution in [0.2, 0.25) is 0 Å². The van der Waals surface area contributed by atoms with Gasteiger partial charge in [-0.25, -0.2) is 0 Å². The van der Waals surface area contributed by atoms with Crippen molar-refractivity contribution in [3.63, 3.8) is 0 Å². The maximum atomic E-state index is 5.35. The highest BCUT2D eigenvalue weighted by molar-refractivity contribution is 5.56. The van der Waals surface area contributed by atoms with Crippen LogP contribution >= 0.6 is 0 Å². The third-order valence-electron chi connectivity index (χ3n) is 2.70. The number of benzene rings is 1. The Morgan fingerprint density at radius 3 is 3.00 bits per heavy atom. The average molecular weight is 200 g/mol. The highest BCUT2D eigenvalue weighted by atomic mass is 15.1. The molecule has 1 aliphatic heterocycles. The van der Waals surface area contributed by atoms with Crippen molar-refractivity contribution < 1.29 is 0 Å². The minimum absolute atomic E-state index is 0.454. The van der Waals surface area contributed by atoms with Crippen molar-refractivity contribution in [3.8, 4) is 11.8 Å². The molecule has 0 fully saturated rings. The second-order valence-electron chi connectivity index (χ2n) is 3.71. The summed E-state index contributed by atoms with van der Waals surface area (Å²) in [5.74, 6) is 6.01. The van der Waals surface area contributed by atoms with Gasteiger partial charge < -0.3 is 10.6 Å². The van der Waals surface area contributed by atoms with Gasteiger partial charge in [-0.2, -0.15) is 0 Å². The van der Waals surface area contributed by atoms with Crippen LogP contribution in [-0.4, -0.2) is 19.6 Å². The second-order valence-corrected chi connectivity index (χ2v) is 3.71. The summed E-state index contributed by atoms with van der Waals surface area (Å²) in [6.07, 6.45) is 2.41. The van der Waals surface area contributed by atoms with Crippen LogP contribution in [-0.2, 0) is 6.42 Å². The highest BCUT2D eigenvalue weighted by Crippen LogP contribution is 2.25. The molecule has 0 aliphatic carbocycles. The van der Waals surface area contributed by atoms with Crippen LogP contribution in [0.4, 0.5) is 5.69 Å². The molecule has 0 radical (unpaired) electrons. The lowest BCUT2D eigenvalue weighted by Gasteiger charge is -2.29. The van der Waals surface area contributed by atoms with Gasteiger partial charge in [0.25, 0.3) is 0 Å². The number of anilines is 1. The average Bonchev–Trinajstić information content (AvgIpc) is 2.30. The molecule has 1 aromatic carbocycles. The molecule has 2 rings (SSSR count). The van der Waals surface area contributed by atoms with Crippen molar-refractivity contribution in [2.24, 2.45) is 5.73 Å². The Hall–Kier alpha value is -1.46. The predicted octanol–water partition coefficient (Wildman–Crippen LogP) is 1.40. The first kappa shape index (κ1) is 10.1. The summed E-state index contributed by atoms with van der Waals surface area (Å²) in [6, 6.07) is 8.58. The minimum atomic E-state index is 0.454. The molecule has 2 heteroatoms. The molecule has 0 amide bonds. The molecule has 0 unspecified atom stereocenters. The molecule has 0 saturated carbocycles. The molecule has 1 heterocycles. The predicted molar refractivity (Wildman–Crippen MR) is 63.8 cm³/mol. The van der Waals surface area contributed by atoms with Gasteiger partial charge in [-0.15, -0.1) is 0 Å². The number of nitrogens with two attached hydrogens (primary N) is 1. The van der Waals surface area contributed by atoms with E-state index < -0.39 is 0 Å². The molecular formula is C13H16N2. The van der Waals surface area contributed by atoms with Crippen LogP contribution in [0.25, 0.3) is 0 Å². The van der Waals surface area contributed by atoms with Crippen molar-refractivity contribution >= 4 is 5.69 Å². The summed E-state index contributed by atoms with van der Waals surface area (Å²) >= 11 is 0. The maximum absolute atomic E-state index is 5.35. The molecule has 1 aromatic rings. The summed E-state index contributed by atoms with van der Waals surface area (Å²) in [6.45, 7) is 2.36. The highest BCUT2D eigenvalue weighted by Gasteiger charge is 2.14. The molecule has 0 saturated heterocycles. The number of aryl methyl sites for hydroxylation is 1. The Labute approximate surface area is 91.1 Å². The molecule has 0 spiro atoms. The Morgan fingerprint density at radius 2 is 2.13 bits per heavy atom. The monoisotopic (exact) mass is 200 g/mol. The first-order valence-corrected chi connectivity index (χ1v) is 5.40. The molecule has 0 aromatic heterocycles. The van der Waals surface area contributed by atoms with Crippen molar-refractivity contribution in [2.75, 3.05) is 24.5 Å². The van der Waals surface area contributed by atoms with Crippen LogP contribution < -0.4 is 10.6 Å². The standard InChI is InChI=1S/C13H16N2/c14-9-3-4-10-15-11-5-7-12-6-1-2-8-13(12)15/h1-2,6,8H,5,7,9-11,14H2. The minimum Gasteiger partial charge on any atom is -0.360 e. The van der Waals surface area contributed by atoms with E-state index in [1.54, 1.807) is 0 Å². The zero-order valence-electron chi connectivity index (χ0n) is 8.87. The zero-order chi connectivity index (χ0) is 10.5. The van der Waals surface area contributed by atoms with Gasteiger partial charge in [0, 0.05) is 12.2 Å². The van der Waals surface area contributed by atoms with Crippen molar-refractivity contribution in [1.82, 2.24) is 0 Å². The Morgan fingerprint density at radius 1 is 1.27 bits per heavy atom. The van der Waals surface area contributed by atoms with E-state index in [1.165, 1.54) is 24.1 Å². The van der Waals surface area contributed by atoms with Crippen molar-refractivity contribution in [3.05, 3.63) is 29.8 Å². The van der Waals surface area contributed by atoms with E-state index in [4.69, 9.17) is 5.73 Å². The van der Waals surface area contributed by atoms with Gasteiger partial charge >= 0.3 is 0 Å². The fourth-order valence-electron chi connectivity index (χ4n) is 2.00. The van der Waals surface area contributed by atoms with E-state index in [2.05, 4.69) is 41.0 Å². The number of hydrogen-bond donors (Lipinski definition) is 1. The van der Waals surface area contributed by atoms with Gasteiger partial charge in [-0.1, -0.05) is 30.0 Å². The fraction of sp³-hybridized carbons (Fsp3) is 0.385. The number of rotatable bonds is 1. The Kier molecular flexibility index (Phi) is 3.26. The molecule has 2 nitrogen and oxygen atoms in total. The molecule has 0 atom stereocenters. The molecule has 15 heavy (non-hydrogen) atoms. The normalized spacial score (nSPS) is 14.1. The van der Waals surface area contributed by atoms with Crippen molar-refractivity contribution in [2.45, 2.75) is 12.8 Å². The first-order chi connectivity index (χ1) is 7.42. The van der Waals surface area contributed by atoms with Gasteiger partial charge in [0.05, 0.1) is 13.1 Å². The van der Waals surface area contributed by atoms with Crippen molar-refractivity contribution in [1.29, 1.82) is 0 Å². The van der Waals surface area contributed by atoms with Crippen LogP contribution in [0, 0.1) is 11.8 Å². The van der Waals surface area contributed by atoms with E-state index in [-0.39, 0.29) is 0 Å². The summed E-state index contributed by atoms with van der Waals surface area (Å²) in [5.41, 5.74) is 8.13. The summed E-state index contributed by atoms with van der Waals surface area (Å²) in [4.78, 5) is 2.33. The lowest BCUT2D eigenvalue weighted by atomic mass is 10.0. The Balaban J connectivity index is 2.15. The first-order valence-electron chi connectivity index (χ1n) is 5.40. The van der Waals surface area contributed by atoms with E-state index in [0.29, 0.717) is 6.54 Å². The summed E-state index contributed by atoms with van der Waals surface area (Å²) < 4.78 is 0. The van der Waals surface area contributed by atoms with E-state index in [1.807, 2.05) is 0 Å². The topological polar surface area (TPSA) is 29.3 Å². The number of para-hydroxylation sites is 1. The number of fused-ring (bicyclic) bond motifs is 1. The molecule has 78 valence electrons. The molecule has 0 bridgehead atoms. The zero-order valence-corrected chi connectivity index (χ0v) is 8.87. The summed E-state index contributed by atoms with van der Waals surface area (Å²) in [5, 5.41) is 0. The lowest BCUT2D eigenvalue weighted by molar-refractivity contribution is 0.726. The maximum Gasteiger partial charge on any atom is 0.0794 e. The fourth-order valence-corrected chi connectivity index (χ4v) is 2.00. The largest absolute Gasteiger partial charge is 0.360 e. The van der Waals surface area contributed by atoms with Gasteiger partial charge in [0.15, 0.2) is 0 Å². The summed E-state index contributed by atoms with van der Waals surface area (Å²) in [7, 11) is 0. The van der Waals surface area contributed by atoms with Gasteiger partial charge in [-0.3, -0.25) is 0 Å². The Bertz CT molecular complexity index is 387. The number of hydrogen-bond acceptors (Lipinski definition) is 2. The second kappa shape index (κ2) is 4.86. The quantitative estimate of drug-likeness (QED) is 0.694. The molecular weight excluding hydrogens is 184 g/mol. The molecule has 1 aliphatic rings. The number of nitrogens with zero attached hydrogens (tertiary/aromatic N) is 1. The third kappa shape index (κ3) is 2.31. The van der Waals surface area contributed by atoms with Crippen LogP contribution in [0.3, 0.4) is 0 Å². The van der Waals surface area contributed by atoms with Crippen LogP contribution in [0.1, 0.15) is 12.0 Å².